The summed E-state index contributed by atoms with van der Waals surface area (Å²) in [6.07, 6.45) is -7.25. The molecule has 0 aromatic carbocycles. The maximum absolute atomic E-state index is 13.5. The average molecular weight is 528 g/mol. The fourth-order valence-electron chi connectivity index (χ4n) is 2.06. The van der Waals surface area contributed by atoms with Crippen molar-refractivity contribution < 1.29 is 74.6 Å². The van der Waals surface area contributed by atoms with E-state index in [4.69, 9.17) is 0 Å². The van der Waals surface area contributed by atoms with Gasteiger partial charge in [0, 0.05) is 6.42 Å². The Morgan fingerprint density at radius 2 is 0.818 bits per heavy atom. The lowest BCUT2D eigenvalue weighted by molar-refractivity contribution is -0.459. The maximum Gasteiger partial charge on any atom is 0.460 e. The number of alkyl halides is 17. The second kappa shape index (κ2) is 9.20. The van der Waals surface area contributed by atoms with Crippen LogP contribution >= 0.6 is 0 Å². The molecule has 0 nitrogen and oxygen atoms in total. The zero-order chi connectivity index (χ0) is 26.9. The molecule has 0 amide bonds. The van der Waals surface area contributed by atoms with Crippen molar-refractivity contribution in [3.8, 4) is 11.8 Å². The van der Waals surface area contributed by atoms with Gasteiger partial charge < -0.3 is 0 Å². The summed E-state index contributed by atoms with van der Waals surface area (Å²) in [5, 5.41) is 0. The zero-order valence-electron chi connectivity index (χ0n) is 16.0. The lowest BCUT2D eigenvalue weighted by atomic mass is 9.89. The van der Waals surface area contributed by atoms with Crippen molar-refractivity contribution in [2.75, 3.05) is 0 Å². The highest BCUT2D eigenvalue weighted by Crippen LogP contribution is 2.63. The van der Waals surface area contributed by atoms with Gasteiger partial charge in [0.15, 0.2) is 0 Å². The van der Waals surface area contributed by atoms with Gasteiger partial charge in [0.2, 0.25) is 0 Å². The van der Waals surface area contributed by atoms with E-state index >= 15 is 0 Å². The molecular formula is C16H13F17. The van der Waals surface area contributed by atoms with Gasteiger partial charge in [-0.3, -0.25) is 0 Å². The van der Waals surface area contributed by atoms with Gasteiger partial charge in [-0.25, -0.2) is 0 Å². The molecule has 196 valence electrons. The third-order valence-corrected chi connectivity index (χ3v) is 4.12. The summed E-state index contributed by atoms with van der Waals surface area (Å²) in [4.78, 5) is 0. The fourth-order valence-corrected chi connectivity index (χ4v) is 2.06. The lowest BCUT2D eigenvalue weighted by Crippen LogP contribution is -2.74. The van der Waals surface area contributed by atoms with Crippen molar-refractivity contribution in [3.63, 3.8) is 0 Å². The molecule has 0 aliphatic rings. The standard InChI is InChI=1S/C16H13F17/c1-2-3-4-5-6-7-8-9(17,18)10(19,20)11(21,22)12(23,24)13(25,26)14(27,28)15(29,30)16(31,32)33/h2-6H2,1H3. The van der Waals surface area contributed by atoms with Gasteiger partial charge in [0.05, 0.1) is 0 Å². The molecule has 0 aliphatic carbocycles. The predicted molar refractivity (Wildman–Crippen MR) is 77.2 cm³/mol. The Hall–Kier alpha value is -1.63. The van der Waals surface area contributed by atoms with Crippen molar-refractivity contribution in [1.82, 2.24) is 0 Å². The van der Waals surface area contributed by atoms with Crippen LogP contribution in [0.5, 0.6) is 0 Å². The van der Waals surface area contributed by atoms with Crippen LogP contribution in [0.1, 0.15) is 39.0 Å². The van der Waals surface area contributed by atoms with Crippen LogP contribution in [0.2, 0.25) is 0 Å². The first-order chi connectivity index (χ1) is 14.3. The molecule has 0 saturated heterocycles. The molecule has 0 atom stereocenters. The largest absolute Gasteiger partial charge is 0.460 e. The summed E-state index contributed by atoms with van der Waals surface area (Å²) in [5.74, 6) is -55.2. The van der Waals surface area contributed by atoms with Gasteiger partial charge in [-0.2, -0.15) is 74.6 Å². The van der Waals surface area contributed by atoms with Gasteiger partial charge in [-0.1, -0.05) is 32.1 Å². The molecule has 0 saturated carbocycles. The summed E-state index contributed by atoms with van der Waals surface area (Å²) >= 11 is 0. The monoisotopic (exact) mass is 528 g/mol. The quantitative estimate of drug-likeness (QED) is 0.153. The molecule has 0 unspecified atom stereocenters. The first-order valence-electron chi connectivity index (χ1n) is 8.52. The molecule has 0 aromatic heterocycles. The van der Waals surface area contributed by atoms with E-state index in [-0.39, 0.29) is 18.8 Å². The van der Waals surface area contributed by atoms with Gasteiger partial charge >= 0.3 is 47.6 Å². The van der Waals surface area contributed by atoms with Crippen LogP contribution < -0.4 is 0 Å². The van der Waals surface area contributed by atoms with E-state index in [2.05, 4.69) is 0 Å². The van der Waals surface area contributed by atoms with E-state index in [9.17, 15) is 74.6 Å². The number of unbranched alkanes of at least 4 members (excludes halogenated alkanes) is 4. The molecule has 17 heteroatoms. The average Bonchev–Trinajstić information content (AvgIpc) is 2.62. The summed E-state index contributed by atoms with van der Waals surface area (Å²) in [7, 11) is 0. The highest BCUT2D eigenvalue weighted by Gasteiger charge is 2.95. The Kier molecular flexibility index (Phi) is 8.74. The van der Waals surface area contributed by atoms with Crippen molar-refractivity contribution in [2.24, 2.45) is 0 Å². The Bertz CT molecular complexity index is 720. The first kappa shape index (κ1) is 31.4. The maximum atomic E-state index is 13.5. The molecule has 0 radical (unpaired) electrons. The first-order valence-corrected chi connectivity index (χ1v) is 8.52. The van der Waals surface area contributed by atoms with Gasteiger partial charge in [0.25, 0.3) is 0 Å². The molecule has 0 aromatic rings. The van der Waals surface area contributed by atoms with Crippen molar-refractivity contribution in [3.05, 3.63) is 0 Å². The molecule has 33 heavy (non-hydrogen) atoms. The molecule has 0 bridgehead atoms. The number of hydrogen-bond donors (Lipinski definition) is 0. The second-order valence-corrected chi connectivity index (χ2v) is 6.63. The highest BCUT2D eigenvalue weighted by atomic mass is 19.4. The minimum Gasteiger partial charge on any atom is -0.192 e. The van der Waals surface area contributed by atoms with Crippen LogP contribution in [0.25, 0.3) is 0 Å². The van der Waals surface area contributed by atoms with Crippen LogP contribution in [0.15, 0.2) is 0 Å². The van der Waals surface area contributed by atoms with Crippen molar-refractivity contribution >= 4 is 0 Å². The molecular weight excluding hydrogens is 515 g/mol. The van der Waals surface area contributed by atoms with Crippen LogP contribution in [-0.2, 0) is 0 Å². The molecule has 0 spiro atoms. The zero-order valence-corrected chi connectivity index (χ0v) is 16.0. The molecule has 0 aliphatic heterocycles. The normalized spacial score (nSPS) is 15.3. The smallest absolute Gasteiger partial charge is 0.192 e. The van der Waals surface area contributed by atoms with E-state index in [1.165, 1.54) is 0 Å². The Labute approximate surface area is 174 Å². The number of hydrogen-bond acceptors (Lipinski definition) is 0. The Balaban J connectivity index is 6.35. The van der Waals surface area contributed by atoms with Gasteiger partial charge in [-0.15, -0.1) is 0 Å². The minimum absolute atomic E-state index is 0.0914. The summed E-state index contributed by atoms with van der Waals surface area (Å²) < 4.78 is 221. The summed E-state index contributed by atoms with van der Waals surface area (Å²) in [5.41, 5.74) is 0. The highest BCUT2D eigenvalue weighted by molar-refractivity contribution is 5.22. The predicted octanol–water partition coefficient (Wildman–Crippen LogP) is 7.97. The Morgan fingerprint density at radius 1 is 0.455 bits per heavy atom. The van der Waals surface area contributed by atoms with E-state index < -0.39 is 54.1 Å². The van der Waals surface area contributed by atoms with E-state index in [1.54, 1.807) is 6.92 Å². The van der Waals surface area contributed by atoms with Gasteiger partial charge in [-0.05, 0) is 12.3 Å². The molecule has 0 rings (SSSR count). The fraction of sp³-hybridized carbons (Fsp3) is 0.875. The minimum atomic E-state index is -8.62. The third-order valence-electron chi connectivity index (χ3n) is 4.12. The van der Waals surface area contributed by atoms with Crippen LogP contribution in [0.3, 0.4) is 0 Å². The SMILES string of the molecule is CCCCCCC#CC(F)(F)C(F)(F)C(F)(F)C(F)(F)C(F)(F)C(F)(F)C(F)(F)C(F)(F)F. The van der Waals surface area contributed by atoms with Crippen LogP contribution in [-0.4, -0.2) is 47.6 Å². The van der Waals surface area contributed by atoms with Gasteiger partial charge in [0.1, 0.15) is 0 Å². The van der Waals surface area contributed by atoms with E-state index in [1.807, 2.05) is 0 Å². The Morgan fingerprint density at radius 3 is 1.18 bits per heavy atom. The van der Waals surface area contributed by atoms with E-state index in [0.29, 0.717) is 12.8 Å². The summed E-state index contributed by atoms with van der Waals surface area (Å²) in [6.45, 7) is 1.67. The third kappa shape index (κ3) is 4.94. The topological polar surface area (TPSA) is 0 Å². The van der Waals surface area contributed by atoms with E-state index in [0.717, 1.165) is 5.92 Å². The molecule has 0 heterocycles. The second-order valence-electron chi connectivity index (χ2n) is 6.63. The molecule has 0 N–H and O–H groups in total. The van der Waals surface area contributed by atoms with Crippen molar-refractivity contribution in [2.45, 2.75) is 86.7 Å². The summed E-state index contributed by atoms with van der Waals surface area (Å²) in [6, 6.07) is 0. The number of halogens is 17. The van der Waals surface area contributed by atoms with Crippen LogP contribution in [0.4, 0.5) is 74.6 Å². The van der Waals surface area contributed by atoms with Crippen molar-refractivity contribution in [1.29, 1.82) is 0 Å². The molecule has 0 fully saturated rings. The number of rotatable bonds is 10. The lowest BCUT2D eigenvalue weighted by Gasteiger charge is -2.42. The van der Waals surface area contributed by atoms with Crippen LogP contribution in [0, 0.1) is 11.8 Å².